The van der Waals surface area contributed by atoms with Crippen LogP contribution in [-0.2, 0) is 4.79 Å². The highest BCUT2D eigenvalue weighted by Gasteiger charge is 2.34. The van der Waals surface area contributed by atoms with Crippen LogP contribution in [0.1, 0.15) is 21.7 Å². The predicted octanol–water partition coefficient (Wildman–Crippen LogP) is 4.45. The molecule has 0 aliphatic carbocycles. The molecule has 0 unspecified atom stereocenters. The standard InChI is InChI=1S/C16H10BrNO4S2/c1-8-2-3-9(6-11(8)15(20)21)18-14(19)12(24-16(18)23)7-10-4-5-13(17)22-10/h2-7H,1H3,(H,20,21). The smallest absolute Gasteiger partial charge is 0.336 e. The highest BCUT2D eigenvalue weighted by molar-refractivity contribution is 9.10. The van der Waals surface area contributed by atoms with Crippen LogP contribution in [0.3, 0.4) is 0 Å². The molecule has 0 bridgehead atoms. The second kappa shape index (κ2) is 6.54. The van der Waals surface area contributed by atoms with Crippen LogP contribution in [0, 0.1) is 6.92 Å². The first-order valence-electron chi connectivity index (χ1n) is 6.74. The van der Waals surface area contributed by atoms with Crippen LogP contribution in [0.25, 0.3) is 6.08 Å². The predicted molar refractivity (Wildman–Crippen MR) is 100 cm³/mol. The molecule has 1 N–H and O–H groups in total. The Morgan fingerprint density at radius 3 is 2.75 bits per heavy atom. The number of carbonyl (C=O) groups is 2. The van der Waals surface area contributed by atoms with Crippen LogP contribution in [-0.4, -0.2) is 21.3 Å². The summed E-state index contributed by atoms with van der Waals surface area (Å²) < 4.78 is 6.28. The molecule has 1 aromatic carbocycles. The van der Waals surface area contributed by atoms with Crippen molar-refractivity contribution < 1.29 is 19.1 Å². The van der Waals surface area contributed by atoms with Crippen molar-refractivity contribution in [1.29, 1.82) is 0 Å². The first-order chi connectivity index (χ1) is 11.4. The monoisotopic (exact) mass is 423 g/mol. The summed E-state index contributed by atoms with van der Waals surface area (Å²) in [7, 11) is 0. The van der Waals surface area contributed by atoms with Gasteiger partial charge in [-0.15, -0.1) is 0 Å². The second-order valence-corrected chi connectivity index (χ2v) is 7.42. The average Bonchev–Trinajstić information content (AvgIpc) is 3.04. The lowest BCUT2D eigenvalue weighted by molar-refractivity contribution is -0.113. The molecule has 24 heavy (non-hydrogen) atoms. The van der Waals surface area contributed by atoms with Gasteiger partial charge in [-0.3, -0.25) is 9.69 Å². The number of halogens is 1. The number of aryl methyl sites for hydroxylation is 1. The van der Waals surface area contributed by atoms with Gasteiger partial charge in [0.25, 0.3) is 5.91 Å². The number of thioether (sulfide) groups is 1. The number of benzene rings is 1. The van der Waals surface area contributed by atoms with Crippen LogP contribution in [0.4, 0.5) is 5.69 Å². The first-order valence-corrected chi connectivity index (χ1v) is 8.76. The number of carbonyl (C=O) groups excluding carboxylic acids is 1. The Kier molecular flexibility index (Phi) is 4.62. The number of amides is 1. The van der Waals surface area contributed by atoms with E-state index in [2.05, 4.69) is 15.9 Å². The van der Waals surface area contributed by atoms with Crippen molar-refractivity contribution in [2.45, 2.75) is 6.92 Å². The number of carboxylic acids is 1. The Labute approximate surface area is 155 Å². The van der Waals surface area contributed by atoms with Crippen LogP contribution in [0.2, 0.25) is 0 Å². The summed E-state index contributed by atoms with van der Waals surface area (Å²) in [5.74, 6) is -0.828. The minimum Gasteiger partial charge on any atom is -0.478 e. The zero-order valence-electron chi connectivity index (χ0n) is 12.3. The molecule has 0 saturated carbocycles. The molecular weight excluding hydrogens is 414 g/mol. The topological polar surface area (TPSA) is 70.8 Å². The number of rotatable bonds is 3. The highest BCUT2D eigenvalue weighted by atomic mass is 79.9. The summed E-state index contributed by atoms with van der Waals surface area (Å²) in [4.78, 5) is 25.7. The fourth-order valence-corrected chi connectivity index (χ4v) is 3.80. The van der Waals surface area contributed by atoms with Gasteiger partial charge >= 0.3 is 5.97 Å². The van der Waals surface area contributed by atoms with Gasteiger partial charge in [-0.2, -0.15) is 0 Å². The number of carboxylic acid groups (broad SMARTS) is 1. The van der Waals surface area contributed by atoms with E-state index in [4.69, 9.17) is 16.6 Å². The third kappa shape index (κ3) is 3.17. The summed E-state index contributed by atoms with van der Waals surface area (Å²) in [6.45, 7) is 1.70. The van der Waals surface area contributed by atoms with Crippen LogP contribution < -0.4 is 4.90 Å². The molecule has 0 atom stereocenters. The minimum atomic E-state index is -1.05. The zero-order chi connectivity index (χ0) is 17.4. The quantitative estimate of drug-likeness (QED) is 0.580. The molecule has 8 heteroatoms. The van der Waals surface area contributed by atoms with E-state index < -0.39 is 5.97 Å². The molecule has 2 heterocycles. The Morgan fingerprint density at radius 2 is 2.12 bits per heavy atom. The second-order valence-electron chi connectivity index (χ2n) is 4.96. The Hall–Kier alpha value is -1.90. The van der Waals surface area contributed by atoms with Crippen LogP contribution in [0.5, 0.6) is 0 Å². The lowest BCUT2D eigenvalue weighted by Gasteiger charge is -2.15. The number of furan rings is 1. The fourth-order valence-electron chi connectivity index (χ4n) is 2.20. The molecule has 3 rings (SSSR count). The van der Waals surface area contributed by atoms with Gasteiger partial charge in [0.1, 0.15) is 5.76 Å². The minimum absolute atomic E-state index is 0.139. The molecule has 2 aromatic rings. The molecule has 1 fully saturated rings. The SMILES string of the molecule is Cc1ccc(N2C(=O)C(=Cc3ccc(Br)o3)SC2=S)cc1C(=O)O. The molecule has 5 nitrogen and oxygen atoms in total. The molecule has 1 aliphatic heterocycles. The number of hydrogen-bond acceptors (Lipinski definition) is 5. The number of nitrogens with zero attached hydrogens (tertiary/aromatic N) is 1. The molecule has 1 aliphatic rings. The molecule has 122 valence electrons. The molecule has 0 spiro atoms. The Morgan fingerprint density at radius 1 is 1.38 bits per heavy atom. The molecule has 1 aromatic heterocycles. The summed E-state index contributed by atoms with van der Waals surface area (Å²) in [5, 5.41) is 9.24. The molecule has 1 amide bonds. The highest BCUT2D eigenvalue weighted by Crippen LogP contribution is 2.37. The van der Waals surface area contributed by atoms with E-state index in [1.165, 1.54) is 11.0 Å². The van der Waals surface area contributed by atoms with Gasteiger partial charge in [-0.05, 0) is 52.7 Å². The van der Waals surface area contributed by atoms with E-state index in [9.17, 15) is 14.7 Å². The van der Waals surface area contributed by atoms with Crippen molar-refractivity contribution in [1.82, 2.24) is 0 Å². The van der Waals surface area contributed by atoms with Gasteiger partial charge in [-0.1, -0.05) is 30.0 Å². The Balaban J connectivity index is 1.97. The maximum Gasteiger partial charge on any atom is 0.336 e. The molecule has 1 saturated heterocycles. The van der Waals surface area contributed by atoms with Gasteiger partial charge in [0.2, 0.25) is 0 Å². The number of thiocarbonyl (C=S) groups is 1. The number of aromatic carboxylic acids is 1. The van der Waals surface area contributed by atoms with E-state index in [1.807, 2.05) is 0 Å². The lowest BCUT2D eigenvalue weighted by atomic mass is 10.1. The van der Waals surface area contributed by atoms with Crippen LogP contribution in [0.15, 0.2) is 44.3 Å². The fraction of sp³-hybridized carbons (Fsp3) is 0.0625. The van der Waals surface area contributed by atoms with Crippen molar-refractivity contribution in [2.75, 3.05) is 4.90 Å². The van der Waals surface area contributed by atoms with Gasteiger partial charge in [0.05, 0.1) is 16.2 Å². The van der Waals surface area contributed by atoms with E-state index in [0.717, 1.165) is 11.8 Å². The van der Waals surface area contributed by atoms with Gasteiger partial charge in [0, 0.05) is 6.08 Å². The largest absolute Gasteiger partial charge is 0.478 e. The van der Waals surface area contributed by atoms with E-state index in [0.29, 0.717) is 30.9 Å². The normalized spacial score (nSPS) is 16.2. The number of hydrogen-bond donors (Lipinski definition) is 1. The maximum atomic E-state index is 12.6. The maximum absolute atomic E-state index is 12.6. The van der Waals surface area contributed by atoms with Crippen molar-refractivity contribution in [3.8, 4) is 0 Å². The van der Waals surface area contributed by atoms with Gasteiger partial charge in [-0.25, -0.2) is 4.79 Å². The summed E-state index contributed by atoms with van der Waals surface area (Å²) in [6, 6.07) is 8.25. The van der Waals surface area contributed by atoms with Gasteiger partial charge < -0.3 is 9.52 Å². The summed E-state index contributed by atoms with van der Waals surface area (Å²) >= 11 is 9.63. The van der Waals surface area contributed by atoms with Crippen LogP contribution >= 0.6 is 39.9 Å². The first kappa shape index (κ1) is 16.9. The third-order valence-corrected chi connectivity index (χ3v) is 5.10. The van der Waals surface area contributed by atoms with Crippen molar-refractivity contribution >= 4 is 67.9 Å². The Bertz CT molecular complexity index is 903. The third-order valence-electron chi connectivity index (χ3n) is 3.37. The lowest BCUT2D eigenvalue weighted by Crippen LogP contribution is -2.27. The van der Waals surface area contributed by atoms with E-state index >= 15 is 0 Å². The van der Waals surface area contributed by atoms with Crippen molar-refractivity contribution in [2.24, 2.45) is 0 Å². The summed E-state index contributed by atoms with van der Waals surface area (Å²) in [6.07, 6.45) is 1.61. The van der Waals surface area contributed by atoms with E-state index in [-0.39, 0.29) is 11.5 Å². The molecule has 0 radical (unpaired) electrons. The average molecular weight is 424 g/mol. The van der Waals surface area contributed by atoms with E-state index in [1.54, 1.807) is 37.3 Å². The van der Waals surface area contributed by atoms with Crippen molar-refractivity contribution in [3.63, 3.8) is 0 Å². The molecular formula is C16H10BrNO4S2. The number of anilines is 1. The van der Waals surface area contributed by atoms with Crippen molar-refractivity contribution in [3.05, 3.63) is 56.8 Å². The summed E-state index contributed by atoms with van der Waals surface area (Å²) in [5.41, 5.74) is 1.19. The van der Waals surface area contributed by atoms with Gasteiger partial charge in [0.15, 0.2) is 8.99 Å². The zero-order valence-corrected chi connectivity index (χ0v) is 15.5.